The topological polar surface area (TPSA) is 304 Å². The van der Waals surface area contributed by atoms with E-state index in [0.717, 1.165) is 82.9 Å². The van der Waals surface area contributed by atoms with Gasteiger partial charge in [-0.15, -0.1) is 0 Å². The molecule has 7 rings (SSSR count). The van der Waals surface area contributed by atoms with Gasteiger partial charge in [0.15, 0.2) is 0 Å². The van der Waals surface area contributed by atoms with E-state index in [9.17, 15) is 50.4 Å². The zero-order chi connectivity index (χ0) is 76.0. The Morgan fingerprint density at radius 2 is 1.19 bits per heavy atom. The van der Waals surface area contributed by atoms with Crippen molar-refractivity contribution < 1.29 is 79.1 Å². The van der Waals surface area contributed by atoms with Crippen LogP contribution in [0, 0.1) is 17.8 Å². The molecule has 576 valence electrons. The van der Waals surface area contributed by atoms with Crippen molar-refractivity contribution in [2.75, 3.05) is 101 Å². The Morgan fingerprint density at radius 1 is 0.612 bits per heavy atom. The third kappa shape index (κ3) is 22.0. The molecular weight excluding hydrogens is 1380 g/mol. The average Bonchev–Trinajstić information content (AvgIpc) is 1.75. The molecule has 1 unspecified atom stereocenters. The maximum atomic E-state index is 15.8. The standard InChI is InChI=1S/C72H110ClF3N12O14S/c1-46(2)39-55-63(93)78-53(32-38-103(10,101)102)65(95)82(5)44-60(91)80(3)45-61(92)84(7)56(41-47-23-14-11-15-24-47)67(97)81(4)43-58(89)77-52(31-29-48-28-30-50(51(73)40-48)72(74,75)76)66(96)88-37-22-27-54(88)64(94)79-71(33-18-19-34-71)70(100)86(9)62(49-25-16-12-17-26-49)69(99)85(8)57(42-59(90)83(55)6)68(98)87-35-20-13-21-36-87/h28,30,40,46-47,49,52-57,62H,11-27,29,31-39,41-45H2,1-10H3,(H,77,89)(H,78,93)(H,79,94)/t52-,53-,54?,55-,56-,57-,62-/m0/s1. The second-order valence-electron chi connectivity index (χ2n) is 30.3. The maximum Gasteiger partial charge on any atom is 0.417 e. The molecule has 12 amide bonds. The summed E-state index contributed by atoms with van der Waals surface area (Å²) in [5.41, 5.74) is -2.40. The van der Waals surface area contributed by atoms with E-state index in [2.05, 4.69) is 16.0 Å². The molecule has 6 fully saturated rings. The van der Waals surface area contributed by atoms with Gasteiger partial charge >= 0.3 is 6.18 Å². The number of halogens is 4. The summed E-state index contributed by atoms with van der Waals surface area (Å²) in [6.07, 6.45) is 6.35. The molecule has 26 nitrogen and oxygen atoms in total. The van der Waals surface area contributed by atoms with Gasteiger partial charge in [0.25, 0.3) is 0 Å². The van der Waals surface area contributed by atoms with E-state index in [1.807, 2.05) is 0 Å². The molecule has 3 heterocycles. The van der Waals surface area contributed by atoms with E-state index in [1.54, 1.807) is 18.7 Å². The Kier molecular flexibility index (Phi) is 29.7. The highest BCUT2D eigenvalue weighted by Gasteiger charge is 2.51. The quantitative estimate of drug-likeness (QED) is 0.253. The van der Waals surface area contributed by atoms with Crippen molar-refractivity contribution in [3.63, 3.8) is 0 Å². The molecule has 0 bridgehead atoms. The average molecular weight is 1490 g/mol. The number of sulfone groups is 1. The number of fused-ring (bicyclic) bond motifs is 1. The molecule has 6 aliphatic rings. The number of aryl methyl sites for hydroxylation is 1. The van der Waals surface area contributed by atoms with Crippen molar-refractivity contribution in [1.29, 1.82) is 0 Å². The van der Waals surface area contributed by atoms with E-state index in [4.69, 9.17) is 11.6 Å². The van der Waals surface area contributed by atoms with Gasteiger partial charge in [0.1, 0.15) is 57.7 Å². The lowest BCUT2D eigenvalue weighted by Gasteiger charge is -2.43. The first-order valence-electron chi connectivity index (χ1n) is 36.8. The smallest absolute Gasteiger partial charge is 0.343 e. The molecule has 3 N–H and O–H groups in total. The molecule has 1 aromatic carbocycles. The summed E-state index contributed by atoms with van der Waals surface area (Å²) in [6, 6.07) is -6.31. The Hall–Kier alpha value is -7.11. The minimum Gasteiger partial charge on any atom is -0.343 e. The fourth-order valence-corrected chi connectivity index (χ4v) is 16.8. The zero-order valence-corrected chi connectivity index (χ0v) is 63.4. The minimum absolute atomic E-state index is 0.0101. The number of benzene rings is 1. The third-order valence-electron chi connectivity index (χ3n) is 22.0. The molecule has 7 atom stereocenters. The molecule has 103 heavy (non-hydrogen) atoms. The van der Waals surface area contributed by atoms with Gasteiger partial charge in [-0.1, -0.05) is 95.7 Å². The molecule has 3 saturated heterocycles. The van der Waals surface area contributed by atoms with Gasteiger partial charge in [0, 0.05) is 75.2 Å². The maximum absolute atomic E-state index is 15.8. The van der Waals surface area contributed by atoms with Gasteiger partial charge in [-0.2, -0.15) is 13.2 Å². The highest BCUT2D eigenvalue weighted by Crippen LogP contribution is 2.39. The van der Waals surface area contributed by atoms with Crippen LogP contribution in [0.15, 0.2) is 18.2 Å². The number of hydrogen-bond acceptors (Lipinski definition) is 14. The lowest BCUT2D eigenvalue weighted by atomic mass is 9.81. The Balaban J connectivity index is 1.30. The lowest BCUT2D eigenvalue weighted by molar-refractivity contribution is -0.157. The van der Waals surface area contributed by atoms with E-state index in [-0.39, 0.29) is 68.9 Å². The van der Waals surface area contributed by atoms with Crippen LogP contribution in [0.4, 0.5) is 13.2 Å². The number of piperidine rings is 1. The summed E-state index contributed by atoms with van der Waals surface area (Å²) in [6.45, 7) is 2.35. The van der Waals surface area contributed by atoms with Crippen LogP contribution in [0.1, 0.15) is 179 Å². The normalized spacial score (nSPS) is 26.3. The molecule has 31 heteroatoms. The predicted octanol–water partition coefficient (Wildman–Crippen LogP) is 4.81. The van der Waals surface area contributed by atoms with Crippen LogP contribution in [0.5, 0.6) is 0 Å². The minimum atomic E-state index is -4.77. The molecule has 1 spiro atoms. The molecule has 3 aliphatic carbocycles. The summed E-state index contributed by atoms with van der Waals surface area (Å²) in [7, 11) is 5.79. The molecule has 0 aromatic heterocycles. The monoisotopic (exact) mass is 1490 g/mol. The van der Waals surface area contributed by atoms with Gasteiger partial charge in [-0.05, 0) is 125 Å². The number of carbonyl (C=O) groups is 12. The summed E-state index contributed by atoms with van der Waals surface area (Å²) < 4.78 is 67.1. The molecular formula is C72H110ClF3N12O14S. The van der Waals surface area contributed by atoms with Crippen LogP contribution in [0.25, 0.3) is 0 Å². The summed E-state index contributed by atoms with van der Waals surface area (Å²) in [5, 5.41) is 7.90. The number of alkyl halides is 3. The van der Waals surface area contributed by atoms with Crippen LogP contribution >= 0.6 is 11.6 Å². The fourth-order valence-electron chi connectivity index (χ4n) is 15.8. The molecule has 3 aliphatic heterocycles. The third-order valence-corrected chi connectivity index (χ3v) is 23.3. The first-order chi connectivity index (χ1) is 48.4. The van der Waals surface area contributed by atoms with Crippen molar-refractivity contribution in [1.82, 2.24) is 60.0 Å². The Labute approximate surface area is 609 Å². The number of carbonyl (C=O) groups excluding carboxylic acids is 12. The number of rotatable bonds is 12. The highest BCUT2D eigenvalue weighted by atomic mass is 35.5. The van der Waals surface area contributed by atoms with Crippen LogP contribution in [-0.4, -0.2) is 272 Å². The number of nitrogens with zero attached hydrogens (tertiary/aromatic N) is 9. The molecule has 3 saturated carbocycles. The largest absolute Gasteiger partial charge is 0.417 e. The van der Waals surface area contributed by atoms with E-state index >= 15 is 28.8 Å². The van der Waals surface area contributed by atoms with Crippen LogP contribution in [0.3, 0.4) is 0 Å². The van der Waals surface area contributed by atoms with Crippen molar-refractivity contribution >= 4 is 92.3 Å². The Morgan fingerprint density at radius 3 is 1.80 bits per heavy atom. The van der Waals surface area contributed by atoms with Gasteiger partial charge in [0.05, 0.1) is 42.4 Å². The van der Waals surface area contributed by atoms with E-state index < -0.39 is 189 Å². The van der Waals surface area contributed by atoms with Crippen molar-refractivity contribution in [2.24, 2.45) is 17.8 Å². The first kappa shape index (κ1) is 83.2. The van der Waals surface area contributed by atoms with Crippen LogP contribution in [-0.2, 0) is 80.0 Å². The number of likely N-dealkylation sites (N-methyl/N-ethyl adjacent to an activating group) is 7. The van der Waals surface area contributed by atoms with Crippen LogP contribution < -0.4 is 16.0 Å². The number of likely N-dealkylation sites (tertiary alicyclic amines) is 1. The van der Waals surface area contributed by atoms with Crippen molar-refractivity contribution in [2.45, 2.75) is 228 Å². The second-order valence-corrected chi connectivity index (χ2v) is 32.9. The number of amides is 12. The van der Waals surface area contributed by atoms with Crippen LogP contribution in [0.2, 0.25) is 5.02 Å². The van der Waals surface area contributed by atoms with Gasteiger partial charge in [0.2, 0.25) is 70.9 Å². The van der Waals surface area contributed by atoms with Gasteiger partial charge in [-0.3, -0.25) is 57.5 Å². The second kappa shape index (κ2) is 36.7. The van der Waals surface area contributed by atoms with E-state index in [1.165, 1.54) is 75.0 Å². The van der Waals surface area contributed by atoms with Gasteiger partial charge < -0.3 is 60.0 Å². The van der Waals surface area contributed by atoms with E-state index in [0.29, 0.717) is 70.9 Å². The summed E-state index contributed by atoms with van der Waals surface area (Å²) in [4.78, 5) is 190. The number of nitrogens with one attached hydrogen (secondary N) is 3. The lowest BCUT2D eigenvalue weighted by Crippen LogP contribution is -2.65. The fraction of sp³-hybridized carbons (Fsp3) is 0.750. The SMILES string of the molecule is CC(C)C[C@H]1C(=O)N[C@@H](CCS(C)(=O)=O)C(=O)N(C)CC(=O)N(C)CC(=O)N(C)[C@@H](CC2CCCCC2)C(=O)N(C)CC(=O)N[C@@H](CCc2ccc(C(F)(F)F)c(Cl)c2)C(=O)N2CCCC2C(=O)NC2(CCCC2)C(=O)N(C)[C@@H](C2CCCCC2)C(=O)N(C)[C@H](C(=O)N2CCCCC2)CC(=O)N1C. The van der Waals surface area contributed by atoms with Crippen molar-refractivity contribution in [3.05, 3.63) is 34.3 Å². The summed E-state index contributed by atoms with van der Waals surface area (Å²) in [5.74, 6) is -9.93. The Bertz CT molecular complexity index is 3360. The highest BCUT2D eigenvalue weighted by molar-refractivity contribution is 7.90. The zero-order valence-electron chi connectivity index (χ0n) is 61.8. The molecule has 1 aromatic rings. The molecule has 0 radical (unpaired) electrons. The first-order valence-corrected chi connectivity index (χ1v) is 39.2. The van der Waals surface area contributed by atoms with Crippen molar-refractivity contribution in [3.8, 4) is 0 Å². The number of hydrogen-bond donors (Lipinski definition) is 3. The summed E-state index contributed by atoms with van der Waals surface area (Å²) >= 11 is 6.16. The predicted molar refractivity (Wildman–Crippen MR) is 378 cm³/mol. The van der Waals surface area contributed by atoms with Gasteiger partial charge in [-0.25, -0.2) is 8.42 Å².